The summed E-state index contributed by atoms with van der Waals surface area (Å²) in [5, 5.41) is 7.30. The molecule has 2 rings (SSSR count). The number of methoxy groups -OCH3 is 1. The van der Waals surface area contributed by atoms with Crippen molar-refractivity contribution in [1.82, 2.24) is 10.2 Å². The van der Waals surface area contributed by atoms with Crippen LogP contribution in [0.15, 0.2) is 41.4 Å². The van der Waals surface area contributed by atoms with Gasteiger partial charge in [-0.1, -0.05) is 0 Å². The number of rotatable bonds is 4. The van der Waals surface area contributed by atoms with E-state index in [1.165, 1.54) is 43.6 Å². The third kappa shape index (κ3) is 3.10. The second-order valence-electron chi connectivity index (χ2n) is 3.66. The van der Waals surface area contributed by atoms with Crippen molar-refractivity contribution < 1.29 is 13.2 Å². The molecule has 0 saturated carbocycles. The fraction of sp³-hybridized carbons (Fsp3) is 0.0909. The van der Waals surface area contributed by atoms with Gasteiger partial charge in [0.1, 0.15) is 5.75 Å². The Kier molecular flexibility index (Phi) is 3.52. The van der Waals surface area contributed by atoms with Crippen molar-refractivity contribution in [3.63, 3.8) is 0 Å². The molecule has 0 amide bonds. The van der Waals surface area contributed by atoms with E-state index in [-0.39, 0.29) is 10.7 Å². The predicted molar refractivity (Wildman–Crippen MR) is 70.2 cm³/mol. The van der Waals surface area contributed by atoms with E-state index in [0.717, 1.165) is 0 Å². The zero-order chi connectivity index (χ0) is 13.9. The highest BCUT2D eigenvalue weighted by molar-refractivity contribution is 7.92. The fourth-order valence-corrected chi connectivity index (χ4v) is 2.34. The normalized spacial score (nSPS) is 11.0. The number of benzene rings is 1. The molecule has 0 unspecified atom stereocenters. The minimum Gasteiger partial charge on any atom is -0.495 e. The lowest BCUT2D eigenvalue weighted by molar-refractivity contribution is 0.412. The number of hydrogen-bond donors (Lipinski definition) is 2. The largest absolute Gasteiger partial charge is 0.495 e. The van der Waals surface area contributed by atoms with Crippen LogP contribution in [-0.2, 0) is 10.0 Å². The highest BCUT2D eigenvalue weighted by atomic mass is 32.2. The van der Waals surface area contributed by atoms with Gasteiger partial charge in [-0.25, -0.2) is 8.42 Å². The summed E-state index contributed by atoms with van der Waals surface area (Å²) in [4.78, 5) is 0.0892. The number of sulfonamides is 1. The molecule has 1 aromatic heterocycles. The van der Waals surface area contributed by atoms with E-state index >= 15 is 0 Å². The summed E-state index contributed by atoms with van der Waals surface area (Å²) in [6.07, 6.45) is 1.38. The van der Waals surface area contributed by atoms with Crippen LogP contribution in [0.5, 0.6) is 5.75 Å². The molecule has 0 aliphatic rings. The Bertz CT molecular complexity index is 671. The van der Waals surface area contributed by atoms with Gasteiger partial charge >= 0.3 is 0 Å². The Morgan fingerprint density at radius 2 is 1.95 bits per heavy atom. The average molecular weight is 280 g/mol. The number of aromatic nitrogens is 2. The monoisotopic (exact) mass is 280 g/mol. The summed E-state index contributed by atoms with van der Waals surface area (Å²) in [6, 6.07) is 7.26. The maximum Gasteiger partial charge on any atom is 0.263 e. The van der Waals surface area contributed by atoms with Crippen LogP contribution < -0.4 is 15.2 Å². The first-order valence-corrected chi connectivity index (χ1v) is 6.74. The average Bonchev–Trinajstić information content (AvgIpc) is 2.39. The number of nitrogens with two attached hydrogens (primary N) is 1. The molecule has 7 nitrogen and oxygen atoms in total. The lowest BCUT2D eigenvalue weighted by Crippen LogP contribution is -2.14. The molecule has 0 bridgehead atoms. The van der Waals surface area contributed by atoms with Crippen LogP contribution in [-0.4, -0.2) is 25.7 Å². The zero-order valence-corrected chi connectivity index (χ0v) is 10.9. The Morgan fingerprint density at radius 1 is 1.26 bits per heavy atom. The van der Waals surface area contributed by atoms with Crippen molar-refractivity contribution in [3.05, 3.63) is 36.5 Å². The fourth-order valence-electron chi connectivity index (χ4n) is 1.35. The van der Waals surface area contributed by atoms with Gasteiger partial charge in [-0.05, 0) is 24.3 Å². The topological polar surface area (TPSA) is 107 Å². The van der Waals surface area contributed by atoms with Crippen LogP contribution >= 0.6 is 0 Å². The third-order valence-electron chi connectivity index (χ3n) is 2.29. The summed E-state index contributed by atoms with van der Waals surface area (Å²) >= 11 is 0. The van der Waals surface area contributed by atoms with Gasteiger partial charge in [0.15, 0.2) is 5.82 Å². The molecule has 1 heterocycles. The van der Waals surface area contributed by atoms with Gasteiger partial charge < -0.3 is 10.5 Å². The van der Waals surface area contributed by atoms with Gasteiger partial charge in [0.2, 0.25) is 0 Å². The maximum atomic E-state index is 12.1. The van der Waals surface area contributed by atoms with E-state index in [4.69, 9.17) is 10.5 Å². The standard InChI is InChI=1S/C11H12N4O3S/c1-18-9-6-11(14-13-7-9)15-19(16,17)10-4-2-8(12)3-5-10/h2-7H,12H2,1H3,(H,14,15). The molecular weight excluding hydrogens is 268 g/mol. The second-order valence-corrected chi connectivity index (χ2v) is 5.34. The number of nitrogens with zero attached hydrogens (tertiary/aromatic N) is 2. The molecule has 0 spiro atoms. The molecule has 2 aromatic rings. The first-order valence-electron chi connectivity index (χ1n) is 5.26. The molecule has 100 valence electrons. The van der Waals surface area contributed by atoms with Crippen LogP contribution in [0.1, 0.15) is 0 Å². The number of nitrogen functional groups attached to an aromatic ring is 1. The molecule has 0 aliphatic carbocycles. The summed E-state index contributed by atoms with van der Waals surface area (Å²) in [6.45, 7) is 0. The Balaban J connectivity index is 2.28. The molecule has 8 heteroatoms. The van der Waals surface area contributed by atoms with Crippen LogP contribution in [0.25, 0.3) is 0 Å². The van der Waals surface area contributed by atoms with Crippen LogP contribution in [0.2, 0.25) is 0 Å². The Labute approximate surface area is 110 Å². The van der Waals surface area contributed by atoms with Gasteiger partial charge in [-0.15, -0.1) is 5.10 Å². The first kappa shape index (κ1) is 13.1. The number of ether oxygens (including phenoxy) is 1. The predicted octanol–water partition coefficient (Wildman–Crippen LogP) is 0.868. The zero-order valence-electron chi connectivity index (χ0n) is 10.1. The molecule has 0 radical (unpaired) electrons. The molecular formula is C11H12N4O3S. The lowest BCUT2D eigenvalue weighted by atomic mass is 10.3. The van der Waals surface area contributed by atoms with E-state index in [9.17, 15) is 8.42 Å². The lowest BCUT2D eigenvalue weighted by Gasteiger charge is -2.07. The Hall–Kier alpha value is -2.35. The Morgan fingerprint density at radius 3 is 2.58 bits per heavy atom. The van der Waals surface area contributed by atoms with Crippen LogP contribution in [0.4, 0.5) is 11.5 Å². The summed E-state index contributed by atoms with van der Waals surface area (Å²) in [7, 11) is -2.27. The van der Waals surface area contributed by atoms with Crippen molar-refractivity contribution in [1.29, 1.82) is 0 Å². The maximum absolute atomic E-state index is 12.1. The SMILES string of the molecule is COc1cnnc(NS(=O)(=O)c2ccc(N)cc2)c1. The minimum atomic E-state index is -3.72. The van der Waals surface area contributed by atoms with E-state index in [0.29, 0.717) is 11.4 Å². The third-order valence-corrected chi connectivity index (χ3v) is 3.67. The van der Waals surface area contributed by atoms with Crippen molar-refractivity contribution in [2.24, 2.45) is 0 Å². The molecule has 0 fully saturated rings. The van der Waals surface area contributed by atoms with E-state index < -0.39 is 10.0 Å². The molecule has 3 N–H and O–H groups in total. The van der Waals surface area contributed by atoms with Crippen molar-refractivity contribution in [2.75, 3.05) is 17.6 Å². The molecule has 19 heavy (non-hydrogen) atoms. The summed E-state index contributed by atoms with van der Waals surface area (Å²) < 4.78 is 31.3. The van der Waals surface area contributed by atoms with Crippen LogP contribution in [0.3, 0.4) is 0 Å². The molecule has 0 saturated heterocycles. The molecule has 1 aromatic carbocycles. The van der Waals surface area contributed by atoms with Crippen molar-refractivity contribution in [2.45, 2.75) is 4.90 Å². The summed E-state index contributed by atoms with van der Waals surface area (Å²) in [5.74, 6) is 0.487. The van der Waals surface area contributed by atoms with Crippen LogP contribution in [0, 0.1) is 0 Å². The van der Waals surface area contributed by atoms with E-state index in [1.807, 2.05) is 0 Å². The number of nitrogens with one attached hydrogen (secondary N) is 1. The van der Waals surface area contributed by atoms with Gasteiger partial charge in [0, 0.05) is 11.8 Å². The van der Waals surface area contributed by atoms with Crippen molar-refractivity contribution >= 4 is 21.5 Å². The highest BCUT2D eigenvalue weighted by Gasteiger charge is 2.15. The quantitative estimate of drug-likeness (QED) is 0.805. The first-order chi connectivity index (χ1) is 9.01. The smallest absolute Gasteiger partial charge is 0.263 e. The summed E-state index contributed by atoms with van der Waals surface area (Å²) in [5.41, 5.74) is 5.99. The molecule has 0 aliphatic heterocycles. The number of anilines is 2. The second kappa shape index (κ2) is 5.11. The van der Waals surface area contributed by atoms with Gasteiger partial charge in [0.25, 0.3) is 10.0 Å². The molecule has 0 atom stereocenters. The van der Waals surface area contributed by atoms with Gasteiger partial charge in [-0.3, -0.25) is 4.72 Å². The van der Waals surface area contributed by atoms with E-state index in [1.54, 1.807) is 0 Å². The van der Waals surface area contributed by atoms with Crippen molar-refractivity contribution in [3.8, 4) is 5.75 Å². The minimum absolute atomic E-state index is 0.0798. The van der Waals surface area contributed by atoms with Gasteiger partial charge in [0.05, 0.1) is 18.2 Å². The highest BCUT2D eigenvalue weighted by Crippen LogP contribution is 2.18. The van der Waals surface area contributed by atoms with E-state index in [2.05, 4.69) is 14.9 Å². The van der Waals surface area contributed by atoms with Gasteiger partial charge in [-0.2, -0.15) is 5.10 Å². The number of hydrogen-bond acceptors (Lipinski definition) is 6.